The molecular formula is C25H32FN3O3. The average molecular weight is 442 g/mol. The van der Waals surface area contributed by atoms with E-state index >= 15 is 0 Å². The zero-order valence-corrected chi connectivity index (χ0v) is 18.9. The molecule has 1 amide bonds. The molecule has 2 aromatic carbocycles. The summed E-state index contributed by atoms with van der Waals surface area (Å²) in [6, 6.07) is 12.9. The number of nitrogens with zero attached hydrogens (tertiary/aromatic N) is 2. The van der Waals surface area contributed by atoms with Crippen LogP contribution in [0.3, 0.4) is 0 Å². The fourth-order valence-electron chi connectivity index (χ4n) is 4.81. The minimum absolute atomic E-state index is 0.0752. The molecule has 0 aromatic heterocycles. The highest BCUT2D eigenvalue weighted by Crippen LogP contribution is 2.38. The summed E-state index contributed by atoms with van der Waals surface area (Å²) in [7, 11) is 3.35. The predicted octanol–water partition coefficient (Wildman–Crippen LogP) is 2.85. The van der Waals surface area contributed by atoms with E-state index < -0.39 is 0 Å². The van der Waals surface area contributed by atoms with E-state index in [4.69, 9.17) is 9.47 Å². The van der Waals surface area contributed by atoms with Crippen molar-refractivity contribution in [2.75, 3.05) is 51.9 Å². The van der Waals surface area contributed by atoms with Crippen LogP contribution in [-0.4, -0.2) is 63.9 Å². The Morgan fingerprint density at radius 1 is 1.16 bits per heavy atom. The number of anilines is 1. The normalized spacial score (nSPS) is 20.4. The molecule has 2 aromatic rings. The zero-order valence-electron chi connectivity index (χ0n) is 18.9. The molecule has 2 aliphatic heterocycles. The molecule has 2 atom stereocenters. The summed E-state index contributed by atoms with van der Waals surface area (Å²) in [5.41, 5.74) is 3.43. The molecule has 1 saturated heterocycles. The first-order chi connectivity index (χ1) is 15.6. The molecule has 0 bridgehead atoms. The Balaban J connectivity index is 1.53. The van der Waals surface area contributed by atoms with Crippen LogP contribution in [0.2, 0.25) is 0 Å². The van der Waals surface area contributed by atoms with Gasteiger partial charge in [0.2, 0.25) is 5.91 Å². The Hall–Kier alpha value is -2.64. The second-order valence-electron chi connectivity index (χ2n) is 8.56. The predicted molar refractivity (Wildman–Crippen MR) is 123 cm³/mol. The van der Waals surface area contributed by atoms with Crippen molar-refractivity contribution in [1.82, 2.24) is 10.2 Å². The van der Waals surface area contributed by atoms with Crippen molar-refractivity contribution >= 4 is 11.6 Å². The van der Waals surface area contributed by atoms with Crippen LogP contribution >= 0.6 is 0 Å². The largest absolute Gasteiger partial charge is 0.497 e. The third-order valence-corrected chi connectivity index (χ3v) is 6.49. The zero-order chi connectivity index (χ0) is 22.5. The summed E-state index contributed by atoms with van der Waals surface area (Å²) in [5, 5.41) is 3.11. The summed E-state index contributed by atoms with van der Waals surface area (Å²) < 4.78 is 23.9. The van der Waals surface area contributed by atoms with Crippen molar-refractivity contribution in [1.29, 1.82) is 0 Å². The van der Waals surface area contributed by atoms with Crippen molar-refractivity contribution in [3.8, 4) is 5.75 Å². The first kappa shape index (κ1) is 22.6. The molecule has 2 heterocycles. The molecule has 0 spiro atoms. The van der Waals surface area contributed by atoms with Gasteiger partial charge in [-0.1, -0.05) is 18.2 Å². The van der Waals surface area contributed by atoms with Crippen molar-refractivity contribution in [3.63, 3.8) is 0 Å². The molecule has 0 saturated carbocycles. The van der Waals surface area contributed by atoms with Crippen LogP contribution in [0.15, 0.2) is 42.5 Å². The number of carbonyl (C=O) groups is 1. The van der Waals surface area contributed by atoms with Crippen LogP contribution in [0.25, 0.3) is 0 Å². The number of ether oxygens (including phenoxy) is 2. The maximum atomic E-state index is 13.3. The second kappa shape index (κ2) is 10.3. The Labute approximate surface area is 189 Å². The minimum atomic E-state index is -0.221. The minimum Gasteiger partial charge on any atom is -0.497 e. The number of rotatable bonds is 8. The molecule has 4 rings (SSSR count). The van der Waals surface area contributed by atoms with Crippen LogP contribution in [0.1, 0.15) is 17.5 Å². The number of benzene rings is 2. The van der Waals surface area contributed by atoms with Gasteiger partial charge in [-0.25, -0.2) is 4.39 Å². The van der Waals surface area contributed by atoms with E-state index in [1.807, 2.05) is 18.2 Å². The number of nitrogens with one attached hydrogen (secondary N) is 1. The van der Waals surface area contributed by atoms with E-state index in [1.54, 1.807) is 14.2 Å². The van der Waals surface area contributed by atoms with Crippen LogP contribution in [0.4, 0.5) is 10.1 Å². The van der Waals surface area contributed by atoms with Crippen LogP contribution in [-0.2, 0) is 22.5 Å². The number of halogens is 1. The van der Waals surface area contributed by atoms with Gasteiger partial charge in [0, 0.05) is 58.2 Å². The lowest BCUT2D eigenvalue weighted by atomic mass is 9.83. The number of piperazine rings is 1. The highest BCUT2D eigenvalue weighted by atomic mass is 19.1. The summed E-state index contributed by atoms with van der Waals surface area (Å²) in [6.45, 7) is 4.49. The van der Waals surface area contributed by atoms with Crippen LogP contribution < -0.4 is 15.0 Å². The lowest BCUT2D eigenvalue weighted by Crippen LogP contribution is -2.60. The summed E-state index contributed by atoms with van der Waals surface area (Å²) in [4.78, 5) is 17.9. The number of methoxy groups -OCH3 is 2. The molecule has 7 heteroatoms. The topological polar surface area (TPSA) is 54.0 Å². The molecule has 0 unspecified atom stereocenters. The summed E-state index contributed by atoms with van der Waals surface area (Å²) in [6.07, 6.45) is 1.51. The van der Waals surface area contributed by atoms with Gasteiger partial charge in [-0.2, -0.15) is 0 Å². The molecule has 2 aliphatic rings. The quantitative estimate of drug-likeness (QED) is 0.639. The van der Waals surface area contributed by atoms with Gasteiger partial charge in [0.25, 0.3) is 0 Å². The highest BCUT2D eigenvalue weighted by molar-refractivity contribution is 5.82. The second-order valence-corrected chi connectivity index (χ2v) is 8.56. The first-order valence-corrected chi connectivity index (χ1v) is 11.3. The van der Waals surface area contributed by atoms with Crippen molar-refractivity contribution < 1.29 is 18.7 Å². The van der Waals surface area contributed by atoms with E-state index in [2.05, 4.69) is 27.2 Å². The molecule has 32 heavy (non-hydrogen) atoms. The monoisotopic (exact) mass is 441 g/mol. The van der Waals surface area contributed by atoms with Gasteiger partial charge in [0.1, 0.15) is 11.6 Å². The van der Waals surface area contributed by atoms with Crippen LogP contribution in [0, 0.1) is 11.7 Å². The Bertz CT molecular complexity index is 921. The molecule has 1 N–H and O–H groups in total. The number of carbonyl (C=O) groups excluding carboxylic acids is 1. The highest BCUT2D eigenvalue weighted by Gasteiger charge is 2.41. The molecule has 0 aliphatic carbocycles. The lowest BCUT2D eigenvalue weighted by molar-refractivity contribution is -0.126. The van der Waals surface area contributed by atoms with Gasteiger partial charge in [0.05, 0.1) is 19.1 Å². The first-order valence-electron chi connectivity index (χ1n) is 11.3. The SMILES string of the molecule is COCCCNC(=O)[C@H]1Cc2ccc(OC)cc2N2CCN(Cc3ccc(F)cc3)C[C@@H]12. The van der Waals surface area contributed by atoms with Crippen LogP contribution in [0.5, 0.6) is 5.75 Å². The number of hydrogen-bond acceptors (Lipinski definition) is 5. The maximum Gasteiger partial charge on any atom is 0.225 e. The number of amides is 1. The smallest absolute Gasteiger partial charge is 0.225 e. The van der Waals surface area contributed by atoms with Crippen molar-refractivity contribution in [2.24, 2.45) is 5.92 Å². The Kier molecular flexibility index (Phi) is 7.27. The summed E-state index contributed by atoms with van der Waals surface area (Å²) >= 11 is 0. The third-order valence-electron chi connectivity index (χ3n) is 6.49. The van der Waals surface area contributed by atoms with E-state index in [-0.39, 0.29) is 23.7 Å². The van der Waals surface area contributed by atoms with Gasteiger partial charge in [-0.15, -0.1) is 0 Å². The van der Waals surface area contributed by atoms with E-state index in [0.717, 1.165) is 43.9 Å². The van der Waals surface area contributed by atoms with E-state index in [0.29, 0.717) is 19.6 Å². The third kappa shape index (κ3) is 5.05. The van der Waals surface area contributed by atoms with E-state index in [9.17, 15) is 9.18 Å². The lowest BCUT2D eigenvalue weighted by Gasteiger charge is -2.49. The molecule has 6 nitrogen and oxygen atoms in total. The van der Waals surface area contributed by atoms with Crippen molar-refractivity contribution in [2.45, 2.75) is 25.4 Å². The fourth-order valence-corrected chi connectivity index (χ4v) is 4.81. The number of hydrogen-bond donors (Lipinski definition) is 1. The maximum absolute atomic E-state index is 13.3. The van der Waals surface area contributed by atoms with Gasteiger partial charge >= 0.3 is 0 Å². The standard InChI is InChI=1S/C25H32FN3O3/c1-31-13-3-10-27-25(30)22-14-19-6-9-21(32-2)15-23(19)29-12-11-28(17-24(22)29)16-18-4-7-20(26)8-5-18/h4-9,15,22,24H,3,10-14,16-17H2,1-2H3,(H,27,30)/t22-,24-/m0/s1. The van der Waals surface area contributed by atoms with Crippen molar-refractivity contribution in [3.05, 3.63) is 59.4 Å². The molecule has 172 valence electrons. The van der Waals surface area contributed by atoms with Gasteiger partial charge in [-0.05, 0) is 42.2 Å². The molecule has 0 radical (unpaired) electrons. The Morgan fingerprint density at radius 3 is 2.72 bits per heavy atom. The van der Waals surface area contributed by atoms with Gasteiger partial charge in [0.15, 0.2) is 0 Å². The van der Waals surface area contributed by atoms with E-state index in [1.165, 1.54) is 23.4 Å². The average Bonchev–Trinajstić information content (AvgIpc) is 2.82. The molecule has 1 fully saturated rings. The van der Waals surface area contributed by atoms with Gasteiger partial charge in [-0.3, -0.25) is 9.69 Å². The van der Waals surface area contributed by atoms with Gasteiger partial charge < -0.3 is 19.7 Å². The fraction of sp³-hybridized carbons (Fsp3) is 0.480. The number of fused-ring (bicyclic) bond motifs is 3. The summed E-state index contributed by atoms with van der Waals surface area (Å²) in [5.74, 6) is 0.580. The molecular weight excluding hydrogens is 409 g/mol. The Morgan fingerprint density at radius 2 is 1.97 bits per heavy atom.